The average Bonchev–Trinajstić information content (AvgIpc) is 3.13. The molecule has 1 amide bonds. The number of carbonyl (C=O) groups is 1. The molecular weight excluding hydrogens is 406 g/mol. The molecule has 1 aliphatic rings. The molecule has 3 N–H and O–H groups in total. The van der Waals surface area contributed by atoms with Gasteiger partial charge in [-0.3, -0.25) is 4.79 Å². The van der Waals surface area contributed by atoms with Crippen LogP contribution in [-0.4, -0.2) is 46.4 Å². The number of aromatic nitrogens is 3. The average molecular weight is 427 g/mol. The van der Waals surface area contributed by atoms with Crippen molar-refractivity contribution in [2.45, 2.75) is 12.1 Å². The van der Waals surface area contributed by atoms with Crippen LogP contribution in [0.5, 0.6) is 17.2 Å². The van der Waals surface area contributed by atoms with Crippen molar-refractivity contribution in [3.05, 3.63) is 42.5 Å². The van der Waals surface area contributed by atoms with Gasteiger partial charge in [-0.2, -0.15) is 0 Å². The second-order valence-electron chi connectivity index (χ2n) is 6.33. The third-order valence-corrected chi connectivity index (χ3v) is 5.19. The smallest absolute Gasteiger partial charge is 0.234 e. The summed E-state index contributed by atoms with van der Waals surface area (Å²) in [6, 6.07) is 12.7. The Morgan fingerprint density at radius 2 is 1.93 bits per heavy atom. The van der Waals surface area contributed by atoms with Gasteiger partial charge in [-0.05, 0) is 43.3 Å². The fourth-order valence-electron chi connectivity index (χ4n) is 2.89. The molecule has 30 heavy (non-hydrogen) atoms. The molecule has 156 valence electrons. The second kappa shape index (κ2) is 8.95. The summed E-state index contributed by atoms with van der Waals surface area (Å²) in [5.41, 5.74) is 1.44. The van der Waals surface area contributed by atoms with Gasteiger partial charge in [0, 0.05) is 17.3 Å². The van der Waals surface area contributed by atoms with Gasteiger partial charge in [-0.1, -0.05) is 11.8 Å². The number of hydrogen-bond acceptors (Lipinski definition) is 8. The third kappa shape index (κ3) is 4.43. The van der Waals surface area contributed by atoms with E-state index in [1.54, 1.807) is 18.2 Å². The fourth-order valence-corrected chi connectivity index (χ4v) is 3.54. The molecule has 9 nitrogen and oxygen atoms in total. The minimum atomic E-state index is -0.192. The summed E-state index contributed by atoms with van der Waals surface area (Å²) in [6.45, 7) is 3.54. The van der Waals surface area contributed by atoms with E-state index in [4.69, 9.17) is 20.1 Å². The number of benzene rings is 2. The zero-order valence-corrected chi connectivity index (χ0v) is 17.1. The first-order chi connectivity index (χ1) is 14.6. The molecule has 0 saturated heterocycles. The summed E-state index contributed by atoms with van der Waals surface area (Å²) in [4.78, 5) is 12.3. The molecule has 0 spiro atoms. The van der Waals surface area contributed by atoms with Crippen molar-refractivity contribution in [3.8, 4) is 28.6 Å². The lowest BCUT2D eigenvalue weighted by molar-refractivity contribution is -0.113. The van der Waals surface area contributed by atoms with Crippen LogP contribution in [0.3, 0.4) is 0 Å². The lowest BCUT2D eigenvalue weighted by atomic mass is 10.2. The van der Waals surface area contributed by atoms with E-state index < -0.39 is 0 Å². The number of hydrogen-bond donors (Lipinski definition) is 2. The first-order valence-electron chi connectivity index (χ1n) is 9.40. The van der Waals surface area contributed by atoms with Gasteiger partial charge in [0.15, 0.2) is 17.3 Å². The van der Waals surface area contributed by atoms with E-state index >= 15 is 0 Å². The number of nitrogen functional groups attached to an aromatic ring is 1. The standard InChI is InChI=1S/C20H21N5O4S/c1-2-27-15-6-3-13(4-7-15)19-23-24-20(25(19)21)30-12-18(26)22-14-5-8-16-17(11-14)29-10-9-28-16/h3-8,11H,2,9-10,12,21H2,1H3,(H,22,26). The van der Waals surface area contributed by atoms with Gasteiger partial charge in [0.1, 0.15) is 19.0 Å². The summed E-state index contributed by atoms with van der Waals surface area (Å²) < 4.78 is 17.8. The molecule has 0 radical (unpaired) electrons. The van der Waals surface area contributed by atoms with E-state index in [2.05, 4.69) is 15.5 Å². The lowest BCUT2D eigenvalue weighted by Gasteiger charge is -2.18. The highest BCUT2D eigenvalue weighted by atomic mass is 32.2. The third-order valence-electron chi connectivity index (χ3n) is 4.25. The van der Waals surface area contributed by atoms with E-state index in [1.807, 2.05) is 31.2 Å². The molecule has 0 aliphatic carbocycles. The van der Waals surface area contributed by atoms with Gasteiger partial charge in [0.25, 0.3) is 0 Å². The van der Waals surface area contributed by atoms with Crippen LogP contribution < -0.4 is 25.4 Å². The van der Waals surface area contributed by atoms with E-state index in [0.717, 1.165) is 11.3 Å². The molecule has 0 atom stereocenters. The van der Waals surface area contributed by atoms with Gasteiger partial charge in [0.05, 0.1) is 12.4 Å². The number of nitrogens with zero attached hydrogens (tertiary/aromatic N) is 3. The van der Waals surface area contributed by atoms with Crippen molar-refractivity contribution in [1.29, 1.82) is 0 Å². The van der Waals surface area contributed by atoms with Gasteiger partial charge >= 0.3 is 0 Å². The Labute approximate surface area is 177 Å². The zero-order valence-electron chi connectivity index (χ0n) is 16.3. The molecule has 3 aromatic rings. The van der Waals surface area contributed by atoms with Crippen molar-refractivity contribution < 1.29 is 19.0 Å². The predicted octanol–water partition coefficient (Wildman–Crippen LogP) is 2.56. The van der Waals surface area contributed by atoms with Gasteiger partial charge in [-0.15, -0.1) is 10.2 Å². The van der Waals surface area contributed by atoms with Crippen molar-refractivity contribution in [2.24, 2.45) is 0 Å². The molecular formula is C20H21N5O4S. The molecule has 0 bridgehead atoms. The number of amides is 1. The summed E-state index contributed by atoms with van der Waals surface area (Å²) in [5.74, 6) is 8.64. The normalized spacial score (nSPS) is 12.4. The molecule has 4 rings (SSSR count). The van der Waals surface area contributed by atoms with Crippen molar-refractivity contribution in [2.75, 3.05) is 36.7 Å². The van der Waals surface area contributed by atoms with Crippen molar-refractivity contribution in [3.63, 3.8) is 0 Å². The monoisotopic (exact) mass is 427 g/mol. The number of nitrogens with two attached hydrogens (primary N) is 1. The number of rotatable bonds is 7. The summed E-state index contributed by atoms with van der Waals surface area (Å²) in [6.07, 6.45) is 0. The SMILES string of the molecule is CCOc1ccc(-c2nnc(SCC(=O)Nc3ccc4c(c3)OCCO4)n2N)cc1. The van der Waals surface area contributed by atoms with Gasteiger partial charge < -0.3 is 25.4 Å². The van der Waals surface area contributed by atoms with Crippen LogP contribution >= 0.6 is 11.8 Å². The van der Waals surface area contributed by atoms with E-state index in [-0.39, 0.29) is 11.7 Å². The van der Waals surface area contributed by atoms with Gasteiger partial charge in [0.2, 0.25) is 11.1 Å². The van der Waals surface area contributed by atoms with Crippen LogP contribution in [0.15, 0.2) is 47.6 Å². The number of nitrogens with one attached hydrogen (secondary N) is 1. The summed E-state index contributed by atoms with van der Waals surface area (Å²) in [7, 11) is 0. The Hall–Kier alpha value is -3.40. The van der Waals surface area contributed by atoms with Crippen LogP contribution in [0.1, 0.15) is 6.92 Å². The molecule has 0 unspecified atom stereocenters. The Morgan fingerprint density at radius 1 is 1.17 bits per heavy atom. The maximum atomic E-state index is 12.3. The first kappa shape index (κ1) is 19.9. The van der Waals surface area contributed by atoms with Gasteiger partial charge in [-0.25, -0.2) is 4.68 Å². The number of fused-ring (bicyclic) bond motifs is 1. The number of thioether (sulfide) groups is 1. The highest BCUT2D eigenvalue weighted by molar-refractivity contribution is 7.99. The largest absolute Gasteiger partial charge is 0.494 e. The Morgan fingerprint density at radius 3 is 2.70 bits per heavy atom. The predicted molar refractivity (Wildman–Crippen MR) is 114 cm³/mol. The Bertz CT molecular complexity index is 1040. The highest BCUT2D eigenvalue weighted by Crippen LogP contribution is 2.32. The molecule has 2 heterocycles. The Balaban J connectivity index is 1.36. The fraction of sp³-hybridized carbons (Fsp3) is 0.250. The summed E-state index contributed by atoms with van der Waals surface area (Å²) in [5, 5.41) is 11.5. The molecule has 0 fully saturated rings. The van der Waals surface area contributed by atoms with Crippen LogP contribution in [0.25, 0.3) is 11.4 Å². The maximum Gasteiger partial charge on any atom is 0.234 e. The second-order valence-corrected chi connectivity index (χ2v) is 7.27. The van der Waals surface area contributed by atoms with Crippen LogP contribution in [-0.2, 0) is 4.79 Å². The minimum absolute atomic E-state index is 0.132. The number of carbonyl (C=O) groups excluding carboxylic acids is 1. The number of ether oxygens (including phenoxy) is 3. The Kier molecular flexibility index (Phi) is 5.94. The first-order valence-corrected chi connectivity index (χ1v) is 10.4. The van der Waals surface area contributed by atoms with Crippen molar-refractivity contribution >= 4 is 23.4 Å². The van der Waals surface area contributed by atoms with E-state index in [1.165, 1.54) is 16.4 Å². The molecule has 0 saturated carbocycles. The maximum absolute atomic E-state index is 12.3. The molecule has 10 heteroatoms. The molecule has 1 aromatic heterocycles. The van der Waals surface area contributed by atoms with Crippen LogP contribution in [0.4, 0.5) is 5.69 Å². The summed E-state index contributed by atoms with van der Waals surface area (Å²) >= 11 is 1.20. The quantitative estimate of drug-likeness (QED) is 0.437. The van der Waals surface area contributed by atoms with E-state index in [9.17, 15) is 4.79 Å². The molecule has 2 aromatic carbocycles. The van der Waals surface area contributed by atoms with E-state index in [0.29, 0.717) is 48.0 Å². The number of anilines is 1. The molecule has 1 aliphatic heterocycles. The lowest BCUT2D eigenvalue weighted by Crippen LogP contribution is -2.18. The van der Waals surface area contributed by atoms with Crippen molar-refractivity contribution in [1.82, 2.24) is 14.9 Å². The van der Waals surface area contributed by atoms with Crippen LogP contribution in [0, 0.1) is 0 Å². The zero-order chi connectivity index (χ0) is 20.9. The topological polar surface area (TPSA) is 114 Å². The van der Waals surface area contributed by atoms with Crippen LogP contribution in [0.2, 0.25) is 0 Å². The highest BCUT2D eigenvalue weighted by Gasteiger charge is 2.16. The minimum Gasteiger partial charge on any atom is -0.494 e.